The number of anilines is 1. The molecule has 6 nitrogen and oxygen atoms in total. The van der Waals surface area contributed by atoms with Crippen molar-refractivity contribution in [1.29, 1.82) is 0 Å². The number of hydrogen-bond acceptors (Lipinski definition) is 6. The van der Waals surface area contributed by atoms with E-state index in [1.165, 1.54) is 0 Å². The fourth-order valence-electron chi connectivity index (χ4n) is 5.47. The molecule has 6 rings (SSSR count). The number of ether oxygens (including phenoxy) is 4. The molecule has 3 aliphatic rings. The van der Waals surface area contributed by atoms with Gasteiger partial charge in [-0.25, -0.2) is 0 Å². The minimum Gasteiger partial charge on any atom is -0.493 e. The molecule has 0 radical (unpaired) electrons. The summed E-state index contributed by atoms with van der Waals surface area (Å²) in [5.74, 6) is 2.64. The molecule has 0 saturated carbocycles. The molecule has 6 heteroatoms. The van der Waals surface area contributed by atoms with Gasteiger partial charge in [-0.15, -0.1) is 0 Å². The van der Waals surface area contributed by atoms with Crippen molar-refractivity contribution >= 4 is 11.5 Å². The number of nitrogens with one attached hydrogen (secondary N) is 1. The second-order valence-corrected chi connectivity index (χ2v) is 10.4. The molecule has 2 aliphatic heterocycles. The summed E-state index contributed by atoms with van der Waals surface area (Å²) in [4.78, 5) is 13.5. The maximum atomic E-state index is 13.5. The van der Waals surface area contributed by atoms with E-state index in [0.29, 0.717) is 36.0 Å². The summed E-state index contributed by atoms with van der Waals surface area (Å²) in [5.41, 5.74) is 5.69. The molecular weight excluding hydrogens is 454 g/mol. The van der Waals surface area contributed by atoms with Gasteiger partial charge in [0.2, 0.25) is 6.79 Å². The number of allylic oxidation sites excluding steroid dienone is 2. The van der Waals surface area contributed by atoms with E-state index in [1.54, 1.807) is 7.11 Å². The van der Waals surface area contributed by atoms with Gasteiger partial charge < -0.3 is 24.3 Å². The van der Waals surface area contributed by atoms with Crippen LogP contribution in [0.4, 0.5) is 5.69 Å². The lowest BCUT2D eigenvalue weighted by molar-refractivity contribution is -0.118. The Kier molecular flexibility index (Phi) is 5.40. The minimum absolute atomic E-state index is 0.103. The summed E-state index contributed by atoms with van der Waals surface area (Å²) in [6.07, 6.45) is 1.31. The van der Waals surface area contributed by atoms with Gasteiger partial charge in [-0.05, 0) is 46.7 Å². The molecule has 0 unspecified atom stereocenters. The second kappa shape index (κ2) is 8.63. The molecular formula is C30H29NO5. The largest absolute Gasteiger partial charge is 0.493 e. The fraction of sp³-hybridized carbons (Fsp3) is 0.300. The van der Waals surface area contributed by atoms with Crippen molar-refractivity contribution in [3.63, 3.8) is 0 Å². The number of Topliss-reactive ketones (excluding diaryl/α,β-unsaturated/α-hetero) is 1. The van der Waals surface area contributed by atoms with Crippen LogP contribution in [0.2, 0.25) is 0 Å². The Hall–Kier alpha value is -3.93. The van der Waals surface area contributed by atoms with Crippen molar-refractivity contribution in [2.45, 2.75) is 39.2 Å². The van der Waals surface area contributed by atoms with Crippen molar-refractivity contribution in [2.75, 3.05) is 19.2 Å². The molecule has 36 heavy (non-hydrogen) atoms. The highest BCUT2D eigenvalue weighted by atomic mass is 16.7. The summed E-state index contributed by atoms with van der Waals surface area (Å²) in [6.45, 7) is 4.92. The molecule has 1 N–H and O–H groups in total. The van der Waals surface area contributed by atoms with Gasteiger partial charge in [0.25, 0.3) is 0 Å². The lowest BCUT2D eigenvalue weighted by Gasteiger charge is -2.39. The van der Waals surface area contributed by atoms with Crippen LogP contribution < -0.4 is 24.3 Å². The molecule has 0 saturated heterocycles. The van der Waals surface area contributed by atoms with Crippen LogP contribution >= 0.6 is 0 Å². The molecule has 3 aromatic carbocycles. The van der Waals surface area contributed by atoms with Crippen molar-refractivity contribution < 1.29 is 23.7 Å². The van der Waals surface area contributed by atoms with Crippen LogP contribution in [-0.4, -0.2) is 19.7 Å². The van der Waals surface area contributed by atoms with Gasteiger partial charge in [-0.1, -0.05) is 50.2 Å². The van der Waals surface area contributed by atoms with Crippen molar-refractivity contribution in [2.24, 2.45) is 5.41 Å². The molecule has 1 atom stereocenters. The standard InChI is InChI=1S/C30H29NO5/c1-30(2)14-22-29(23(32)15-30)28(20-12-26-27(36-17-35-26)13-21(20)31-22)19-9-10-24(25(11-19)33-3)34-16-18-7-5-4-6-8-18/h4-13,28,31H,14-17H2,1-3H3/t28-/m0/s1. The van der Waals surface area contributed by atoms with Crippen LogP contribution in [0.25, 0.3) is 0 Å². The zero-order valence-electron chi connectivity index (χ0n) is 20.7. The summed E-state index contributed by atoms with van der Waals surface area (Å²) in [6, 6.07) is 20.0. The minimum atomic E-state index is -0.244. The molecule has 0 aromatic heterocycles. The fourth-order valence-corrected chi connectivity index (χ4v) is 5.47. The number of carbonyl (C=O) groups excluding carboxylic acids is 1. The monoisotopic (exact) mass is 483 g/mol. The van der Waals surface area contributed by atoms with Crippen LogP contribution in [0.15, 0.2) is 71.9 Å². The average molecular weight is 484 g/mol. The molecule has 1 aliphatic carbocycles. The van der Waals surface area contributed by atoms with Gasteiger partial charge >= 0.3 is 0 Å². The average Bonchev–Trinajstić information content (AvgIpc) is 3.32. The second-order valence-electron chi connectivity index (χ2n) is 10.4. The summed E-state index contributed by atoms with van der Waals surface area (Å²) in [5, 5.41) is 3.56. The van der Waals surface area contributed by atoms with Crippen LogP contribution in [0.1, 0.15) is 49.3 Å². The molecule has 0 amide bonds. The Balaban J connectivity index is 1.42. The van der Waals surface area contributed by atoms with E-state index in [-0.39, 0.29) is 23.9 Å². The predicted molar refractivity (Wildman–Crippen MR) is 137 cm³/mol. The van der Waals surface area contributed by atoms with Crippen LogP contribution in [-0.2, 0) is 11.4 Å². The lowest BCUT2D eigenvalue weighted by Crippen LogP contribution is -2.33. The van der Waals surface area contributed by atoms with Gasteiger partial charge in [0.05, 0.1) is 7.11 Å². The third kappa shape index (κ3) is 3.96. The van der Waals surface area contributed by atoms with E-state index in [4.69, 9.17) is 18.9 Å². The predicted octanol–water partition coefficient (Wildman–Crippen LogP) is 6.20. The zero-order valence-corrected chi connectivity index (χ0v) is 20.7. The zero-order chi connectivity index (χ0) is 24.9. The van der Waals surface area contributed by atoms with Crippen molar-refractivity contribution in [3.8, 4) is 23.0 Å². The number of methoxy groups -OCH3 is 1. The molecule has 3 aromatic rings. The van der Waals surface area contributed by atoms with E-state index >= 15 is 0 Å². The Morgan fingerprint density at radius 2 is 1.75 bits per heavy atom. The van der Waals surface area contributed by atoms with Crippen LogP contribution in [0.3, 0.4) is 0 Å². The lowest BCUT2D eigenvalue weighted by atomic mass is 9.68. The first kappa shape index (κ1) is 22.5. The first-order valence-electron chi connectivity index (χ1n) is 12.2. The molecule has 0 fully saturated rings. The summed E-state index contributed by atoms with van der Waals surface area (Å²) in [7, 11) is 1.64. The van der Waals surface area contributed by atoms with Gasteiger partial charge in [-0.3, -0.25) is 4.79 Å². The normalized spacial score (nSPS) is 19.3. The number of ketones is 1. The summed E-state index contributed by atoms with van der Waals surface area (Å²) < 4.78 is 23.1. The number of benzene rings is 3. The first-order valence-corrected chi connectivity index (χ1v) is 12.2. The Bertz CT molecular complexity index is 1380. The van der Waals surface area contributed by atoms with E-state index in [0.717, 1.165) is 40.1 Å². The maximum Gasteiger partial charge on any atom is 0.231 e. The van der Waals surface area contributed by atoms with Gasteiger partial charge in [0, 0.05) is 35.4 Å². The highest BCUT2D eigenvalue weighted by Crippen LogP contribution is 2.52. The highest BCUT2D eigenvalue weighted by molar-refractivity contribution is 6.01. The Labute approximate surface area is 210 Å². The Morgan fingerprint density at radius 1 is 0.972 bits per heavy atom. The molecule has 2 heterocycles. The SMILES string of the molecule is COc1cc([C@@H]2C3=C(CC(C)(C)CC3=O)Nc3cc4c(cc32)OCO4)ccc1OCc1ccccc1. The van der Waals surface area contributed by atoms with Gasteiger partial charge in [-0.2, -0.15) is 0 Å². The van der Waals surface area contributed by atoms with E-state index in [9.17, 15) is 4.79 Å². The van der Waals surface area contributed by atoms with E-state index < -0.39 is 0 Å². The van der Waals surface area contributed by atoms with E-state index in [2.05, 4.69) is 19.2 Å². The van der Waals surface area contributed by atoms with Gasteiger partial charge in [0.1, 0.15) is 6.61 Å². The van der Waals surface area contributed by atoms with Gasteiger partial charge in [0.15, 0.2) is 28.8 Å². The Morgan fingerprint density at radius 3 is 2.53 bits per heavy atom. The topological polar surface area (TPSA) is 66.0 Å². The number of carbonyl (C=O) groups is 1. The third-order valence-electron chi connectivity index (χ3n) is 7.11. The van der Waals surface area contributed by atoms with E-state index in [1.807, 2.05) is 60.7 Å². The van der Waals surface area contributed by atoms with Crippen LogP contribution in [0, 0.1) is 5.41 Å². The number of fused-ring (bicyclic) bond motifs is 2. The van der Waals surface area contributed by atoms with Crippen LogP contribution in [0.5, 0.6) is 23.0 Å². The van der Waals surface area contributed by atoms with Crippen molar-refractivity contribution in [1.82, 2.24) is 0 Å². The maximum absolute atomic E-state index is 13.5. The molecule has 184 valence electrons. The first-order chi connectivity index (χ1) is 17.4. The number of hydrogen-bond donors (Lipinski definition) is 1. The summed E-state index contributed by atoms with van der Waals surface area (Å²) >= 11 is 0. The number of rotatable bonds is 5. The smallest absolute Gasteiger partial charge is 0.231 e. The highest BCUT2D eigenvalue weighted by Gasteiger charge is 2.41. The molecule has 0 spiro atoms. The molecule has 0 bridgehead atoms. The quantitative estimate of drug-likeness (QED) is 0.466. The third-order valence-corrected chi connectivity index (χ3v) is 7.11. The van der Waals surface area contributed by atoms with Crippen molar-refractivity contribution in [3.05, 3.63) is 88.6 Å².